The van der Waals surface area contributed by atoms with Crippen LogP contribution in [0.15, 0.2) is 29.6 Å². The van der Waals surface area contributed by atoms with Gasteiger partial charge in [0.05, 0.1) is 18.9 Å². The number of amides is 2. The van der Waals surface area contributed by atoms with Crippen molar-refractivity contribution in [3.05, 3.63) is 46.5 Å². The molecule has 1 aliphatic heterocycles. The van der Waals surface area contributed by atoms with Crippen molar-refractivity contribution < 1.29 is 14.3 Å². The number of nitrogens with zero attached hydrogens (tertiary/aromatic N) is 2. The van der Waals surface area contributed by atoms with E-state index >= 15 is 0 Å². The first-order valence-corrected chi connectivity index (χ1v) is 9.82. The Labute approximate surface area is 162 Å². The number of benzene rings is 1. The maximum Gasteiger partial charge on any atom is 0.251 e. The summed E-state index contributed by atoms with van der Waals surface area (Å²) in [6.07, 6.45) is 0. The van der Waals surface area contributed by atoms with Gasteiger partial charge >= 0.3 is 0 Å². The average molecular weight is 388 g/mol. The lowest BCUT2D eigenvalue weighted by Crippen LogP contribution is -2.41. The van der Waals surface area contributed by atoms with Gasteiger partial charge in [0.15, 0.2) is 5.13 Å². The van der Waals surface area contributed by atoms with E-state index in [0.29, 0.717) is 10.7 Å². The van der Waals surface area contributed by atoms with Crippen LogP contribution in [0.25, 0.3) is 0 Å². The molecular weight excluding hydrogens is 364 g/mol. The zero-order valence-electron chi connectivity index (χ0n) is 15.5. The third-order valence-electron chi connectivity index (χ3n) is 4.29. The zero-order valence-corrected chi connectivity index (χ0v) is 16.3. The summed E-state index contributed by atoms with van der Waals surface area (Å²) >= 11 is 1.39. The molecule has 144 valence electrons. The normalized spacial score (nSPS) is 15.9. The van der Waals surface area contributed by atoms with E-state index in [-0.39, 0.29) is 11.8 Å². The van der Waals surface area contributed by atoms with Gasteiger partial charge in [0.1, 0.15) is 6.04 Å². The van der Waals surface area contributed by atoms with E-state index in [4.69, 9.17) is 4.74 Å². The predicted molar refractivity (Wildman–Crippen MR) is 105 cm³/mol. The molecule has 0 radical (unpaired) electrons. The monoisotopic (exact) mass is 388 g/mol. The summed E-state index contributed by atoms with van der Waals surface area (Å²) in [5, 5.41) is 7.98. The first-order chi connectivity index (χ1) is 13.0. The standard InChI is InChI=1S/C19H24N4O3S/c1-13-4-3-5-15(10-13)18(25)20-14(2)17(24)22-19-21-16(12-27-19)11-23-6-8-26-9-7-23/h3-5,10,12,14H,6-9,11H2,1-2H3,(H,20,25)(H,21,22,24)/t14-/m0/s1. The molecule has 1 aromatic heterocycles. The van der Waals surface area contributed by atoms with E-state index in [2.05, 4.69) is 20.5 Å². The van der Waals surface area contributed by atoms with Crippen molar-refractivity contribution in [2.45, 2.75) is 26.4 Å². The number of rotatable bonds is 6. The number of aromatic nitrogens is 1. The summed E-state index contributed by atoms with van der Waals surface area (Å²) in [6.45, 7) is 7.59. The number of anilines is 1. The highest BCUT2D eigenvalue weighted by Crippen LogP contribution is 2.17. The smallest absolute Gasteiger partial charge is 0.251 e. The molecule has 0 aliphatic carbocycles. The largest absolute Gasteiger partial charge is 0.379 e. The molecule has 0 saturated carbocycles. The van der Waals surface area contributed by atoms with Gasteiger partial charge in [0, 0.05) is 30.6 Å². The highest BCUT2D eigenvalue weighted by atomic mass is 32.1. The van der Waals surface area contributed by atoms with Crippen LogP contribution in [-0.2, 0) is 16.1 Å². The Kier molecular flexibility index (Phi) is 6.54. The minimum absolute atomic E-state index is 0.270. The minimum atomic E-state index is -0.662. The molecule has 2 N–H and O–H groups in total. The number of ether oxygens (including phenoxy) is 1. The van der Waals surface area contributed by atoms with E-state index < -0.39 is 6.04 Å². The number of hydrogen-bond donors (Lipinski definition) is 2. The number of carbonyl (C=O) groups excluding carboxylic acids is 2. The molecule has 7 nitrogen and oxygen atoms in total. The van der Waals surface area contributed by atoms with Crippen molar-refractivity contribution in [2.75, 3.05) is 31.6 Å². The molecular formula is C19H24N4O3S. The lowest BCUT2D eigenvalue weighted by molar-refractivity contribution is -0.117. The van der Waals surface area contributed by atoms with Crippen molar-refractivity contribution in [3.63, 3.8) is 0 Å². The summed E-state index contributed by atoms with van der Waals surface area (Å²) in [4.78, 5) is 31.4. The molecule has 1 atom stereocenters. The molecule has 1 aromatic carbocycles. The number of thiazole rings is 1. The van der Waals surface area contributed by atoms with Crippen LogP contribution in [0, 0.1) is 6.92 Å². The van der Waals surface area contributed by atoms with Gasteiger partial charge in [-0.05, 0) is 26.0 Å². The van der Waals surface area contributed by atoms with Crippen molar-refractivity contribution in [1.29, 1.82) is 0 Å². The molecule has 27 heavy (non-hydrogen) atoms. The maximum absolute atomic E-state index is 12.4. The van der Waals surface area contributed by atoms with Gasteiger partial charge in [-0.15, -0.1) is 11.3 Å². The van der Waals surface area contributed by atoms with Gasteiger partial charge in [0.2, 0.25) is 5.91 Å². The lowest BCUT2D eigenvalue weighted by atomic mass is 10.1. The highest BCUT2D eigenvalue weighted by molar-refractivity contribution is 7.13. The van der Waals surface area contributed by atoms with Gasteiger partial charge in [-0.3, -0.25) is 14.5 Å². The fourth-order valence-electron chi connectivity index (χ4n) is 2.77. The second-order valence-electron chi connectivity index (χ2n) is 6.59. The zero-order chi connectivity index (χ0) is 19.2. The lowest BCUT2D eigenvalue weighted by Gasteiger charge is -2.25. The van der Waals surface area contributed by atoms with Gasteiger partial charge in [-0.25, -0.2) is 4.98 Å². The van der Waals surface area contributed by atoms with Crippen molar-refractivity contribution in [2.24, 2.45) is 0 Å². The van der Waals surface area contributed by atoms with Crippen molar-refractivity contribution in [3.8, 4) is 0 Å². The molecule has 2 amide bonds. The molecule has 1 aliphatic rings. The van der Waals surface area contributed by atoms with E-state index in [0.717, 1.165) is 44.1 Å². The third kappa shape index (κ3) is 5.59. The molecule has 0 bridgehead atoms. The van der Waals surface area contributed by atoms with Crippen LogP contribution >= 0.6 is 11.3 Å². The van der Waals surface area contributed by atoms with Gasteiger partial charge in [0.25, 0.3) is 5.91 Å². The molecule has 2 heterocycles. The number of carbonyl (C=O) groups is 2. The molecule has 2 aromatic rings. The first kappa shape index (κ1) is 19.5. The van der Waals surface area contributed by atoms with Crippen molar-refractivity contribution in [1.82, 2.24) is 15.2 Å². The van der Waals surface area contributed by atoms with Crippen LogP contribution in [0.5, 0.6) is 0 Å². The van der Waals surface area contributed by atoms with E-state index in [9.17, 15) is 9.59 Å². The fraction of sp³-hybridized carbons (Fsp3) is 0.421. The van der Waals surface area contributed by atoms with Crippen LogP contribution in [0.2, 0.25) is 0 Å². The molecule has 0 unspecified atom stereocenters. The Hall–Kier alpha value is -2.29. The van der Waals surface area contributed by atoms with Gasteiger partial charge in [-0.1, -0.05) is 17.7 Å². The second kappa shape index (κ2) is 9.07. The maximum atomic E-state index is 12.4. The van der Waals surface area contributed by atoms with Gasteiger partial charge in [-0.2, -0.15) is 0 Å². The van der Waals surface area contributed by atoms with Crippen molar-refractivity contribution >= 4 is 28.3 Å². The van der Waals surface area contributed by atoms with E-state index in [1.165, 1.54) is 11.3 Å². The summed E-state index contributed by atoms with van der Waals surface area (Å²) in [6, 6.07) is 6.60. The van der Waals surface area contributed by atoms with Crippen LogP contribution in [0.3, 0.4) is 0 Å². The second-order valence-corrected chi connectivity index (χ2v) is 7.44. The Morgan fingerprint density at radius 1 is 1.33 bits per heavy atom. The SMILES string of the molecule is Cc1cccc(C(=O)N[C@@H](C)C(=O)Nc2nc(CN3CCOCC3)cs2)c1. The van der Waals surface area contributed by atoms with Crippen LogP contribution in [0.1, 0.15) is 28.5 Å². The quantitative estimate of drug-likeness (QED) is 0.791. The average Bonchev–Trinajstić information content (AvgIpc) is 3.09. The molecule has 3 rings (SSSR count). The predicted octanol–water partition coefficient (Wildman–Crippen LogP) is 2.04. The fourth-order valence-corrected chi connectivity index (χ4v) is 3.48. The van der Waals surface area contributed by atoms with Crippen LogP contribution < -0.4 is 10.6 Å². The Bertz CT molecular complexity index is 802. The minimum Gasteiger partial charge on any atom is -0.379 e. The number of aryl methyl sites for hydroxylation is 1. The van der Waals surface area contributed by atoms with E-state index in [1.807, 2.05) is 24.4 Å². The molecule has 8 heteroatoms. The third-order valence-corrected chi connectivity index (χ3v) is 5.10. The van der Waals surface area contributed by atoms with Gasteiger partial charge < -0.3 is 15.4 Å². The van der Waals surface area contributed by atoms with Crippen LogP contribution in [-0.4, -0.2) is 54.0 Å². The summed E-state index contributed by atoms with van der Waals surface area (Å²) in [5.74, 6) is -0.559. The molecule has 1 saturated heterocycles. The summed E-state index contributed by atoms with van der Waals surface area (Å²) in [7, 11) is 0. The summed E-state index contributed by atoms with van der Waals surface area (Å²) in [5.41, 5.74) is 2.46. The Morgan fingerprint density at radius 3 is 2.85 bits per heavy atom. The Balaban J connectivity index is 1.51. The van der Waals surface area contributed by atoms with Crippen LogP contribution in [0.4, 0.5) is 5.13 Å². The molecule has 1 fully saturated rings. The molecule has 0 spiro atoms. The highest BCUT2D eigenvalue weighted by Gasteiger charge is 2.18. The number of nitrogens with one attached hydrogen (secondary N) is 2. The number of morpholine rings is 1. The Morgan fingerprint density at radius 2 is 2.11 bits per heavy atom. The number of hydrogen-bond acceptors (Lipinski definition) is 6. The van der Waals surface area contributed by atoms with E-state index in [1.54, 1.807) is 19.1 Å². The summed E-state index contributed by atoms with van der Waals surface area (Å²) < 4.78 is 5.34. The first-order valence-electron chi connectivity index (χ1n) is 8.94. The topological polar surface area (TPSA) is 83.6 Å².